The van der Waals surface area contributed by atoms with Gasteiger partial charge in [0.25, 0.3) is 0 Å². The lowest BCUT2D eigenvalue weighted by molar-refractivity contribution is 0.620. The first-order valence-corrected chi connectivity index (χ1v) is 15.6. The lowest BCUT2D eigenvalue weighted by Gasteiger charge is -2.11. The van der Waals surface area contributed by atoms with Gasteiger partial charge in [0.2, 0.25) is 5.89 Å². The van der Waals surface area contributed by atoms with Gasteiger partial charge in [0.15, 0.2) is 5.58 Å². The van der Waals surface area contributed by atoms with Crippen LogP contribution in [0.3, 0.4) is 0 Å². The van der Waals surface area contributed by atoms with Crippen molar-refractivity contribution in [2.45, 2.75) is 0 Å². The molecule has 0 saturated heterocycles. The van der Waals surface area contributed by atoms with Gasteiger partial charge in [-0.25, -0.2) is 4.98 Å². The van der Waals surface area contributed by atoms with Crippen LogP contribution in [0.1, 0.15) is 0 Å². The van der Waals surface area contributed by atoms with Crippen LogP contribution in [-0.2, 0) is 0 Å². The standard InChI is InChI=1S/C43H23NO2/c1-2-7-26(8-3-1)43-44-41-37(46-43)20-17-25-15-13-24-14-16-27(22-34(24)39(25)41)29-21-28-9-6-11-33-38(28)35(23-29)31-18-19-32-30-10-4-5-12-36(30)45-42(32)40(31)33/h1-23H. The number of benzene rings is 8. The van der Waals surface area contributed by atoms with Crippen molar-refractivity contribution in [1.82, 2.24) is 4.98 Å². The number of para-hydroxylation sites is 1. The second kappa shape index (κ2) is 8.71. The molecule has 11 rings (SSSR count). The van der Waals surface area contributed by atoms with E-state index in [1.165, 1.54) is 54.9 Å². The molecule has 0 aliphatic heterocycles. The maximum atomic E-state index is 6.51. The molecule has 0 saturated carbocycles. The second-order valence-corrected chi connectivity index (χ2v) is 12.3. The van der Waals surface area contributed by atoms with Gasteiger partial charge >= 0.3 is 0 Å². The summed E-state index contributed by atoms with van der Waals surface area (Å²) in [4.78, 5) is 5.03. The first kappa shape index (κ1) is 24.2. The van der Waals surface area contributed by atoms with Crippen molar-refractivity contribution in [3.63, 3.8) is 0 Å². The zero-order valence-electron chi connectivity index (χ0n) is 24.5. The summed E-state index contributed by atoms with van der Waals surface area (Å²) in [6, 6.07) is 49.6. The van der Waals surface area contributed by atoms with E-state index in [-0.39, 0.29) is 0 Å². The van der Waals surface area contributed by atoms with Crippen molar-refractivity contribution in [2.24, 2.45) is 0 Å². The van der Waals surface area contributed by atoms with Gasteiger partial charge in [0.05, 0.1) is 0 Å². The van der Waals surface area contributed by atoms with Crippen LogP contribution in [0.15, 0.2) is 148 Å². The molecule has 8 aromatic carbocycles. The average molecular weight is 586 g/mol. The van der Waals surface area contributed by atoms with E-state index < -0.39 is 0 Å². The fraction of sp³-hybridized carbons (Fsp3) is 0. The number of hydrogen-bond acceptors (Lipinski definition) is 3. The van der Waals surface area contributed by atoms with Crippen molar-refractivity contribution < 1.29 is 8.83 Å². The highest BCUT2D eigenvalue weighted by Gasteiger charge is 2.26. The highest BCUT2D eigenvalue weighted by molar-refractivity contribution is 6.24. The lowest BCUT2D eigenvalue weighted by Crippen LogP contribution is -1.85. The van der Waals surface area contributed by atoms with E-state index in [9.17, 15) is 0 Å². The number of rotatable bonds is 2. The van der Waals surface area contributed by atoms with E-state index in [4.69, 9.17) is 13.8 Å². The summed E-state index contributed by atoms with van der Waals surface area (Å²) in [6.45, 7) is 0. The number of furan rings is 1. The summed E-state index contributed by atoms with van der Waals surface area (Å²) in [5.74, 6) is 0.641. The van der Waals surface area contributed by atoms with Gasteiger partial charge in [-0.05, 0) is 103 Å². The fourth-order valence-corrected chi connectivity index (χ4v) is 7.71. The van der Waals surface area contributed by atoms with Gasteiger partial charge in [0, 0.05) is 27.3 Å². The maximum Gasteiger partial charge on any atom is 0.227 e. The van der Waals surface area contributed by atoms with Crippen LogP contribution in [0.4, 0.5) is 0 Å². The minimum Gasteiger partial charge on any atom is -0.455 e. The second-order valence-electron chi connectivity index (χ2n) is 12.3. The molecule has 0 atom stereocenters. The molecular formula is C43H23NO2. The van der Waals surface area contributed by atoms with Gasteiger partial charge < -0.3 is 8.83 Å². The molecular weight excluding hydrogens is 562 g/mol. The summed E-state index contributed by atoms with van der Waals surface area (Å²) in [6.07, 6.45) is 0. The zero-order chi connectivity index (χ0) is 29.9. The van der Waals surface area contributed by atoms with Gasteiger partial charge in [-0.2, -0.15) is 0 Å². The van der Waals surface area contributed by atoms with E-state index in [1.54, 1.807) is 0 Å². The third-order valence-corrected chi connectivity index (χ3v) is 9.80. The quantitative estimate of drug-likeness (QED) is 0.189. The van der Waals surface area contributed by atoms with Crippen molar-refractivity contribution in [3.8, 4) is 44.8 Å². The molecule has 0 bridgehead atoms. The monoisotopic (exact) mass is 585 g/mol. The molecule has 0 unspecified atom stereocenters. The van der Waals surface area contributed by atoms with Crippen LogP contribution >= 0.6 is 0 Å². The van der Waals surface area contributed by atoms with Crippen molar-refractivity contribution in [2.75, 3.05) is 0 Å². The fourth-order valence-electron chi connectivity index (χ4n) is 7.71. The third kappa shape index (κ3) is 3.19. The molecule has 0 radical (unpaired) electrons. The minimum absolute atomic E-state index is 0.641. The van der Waals surface area contributed by atoms with Gasteiger partial charge in [-0.3, -0.25) is 0 Å². The first-order valence-electron chi connectivity index (χ1n) is 15.6. The Bertz CT molecular complexity index is 2910. The first-order chi connectivity index (χ1) is 22.8. The largest absolute Gasteiger partial charge is 0.455 e. The summed E-state index contributed by atoms with van der Waals surface area (Å²) in [7, 11) is 0. The Balaban J connectivity index is 1.14. The highest BCUT2D eigenvalue weighted by Crippen LogP contribution is 2.52. The molecule has 0 N–H and O–H groups in total. The Morgan fingerprint density at radius 2 is 1.26 bits per heavy atom. The van der Waals surface area contributed by atoms with E-state index in [0.29, 0.717) is 5.89 Å². The van der Waals surface area contributed by atoms with Crippen LogP contribution in [0.2, 0.25) is 0 Å². The van der Waals surface area contributed by atoms with E-state index in [0.717, 1.165) is 49.4 Å². The number of nitrogens with zero attached hydrogens (tertiary/aromatic N) is 1. The molecule has 0 spiro atoms. The summed E-state index contributed by atoms with van der Waals surface area (Å²) < 4.78 is 12.8. The summed E-state index contributed by atoms with van der Waals surface area (Å²) in [5, 5.41) is 9.46. The van der Waals surface area contributed by atoms with Crippen molar-refractivity contribution >= 4 is 65.4 Å². The molecule has 46 heavy (non-hydrogen) atoms. The average Bonchev–Trinajstić information content (AvgIpc) is 3.81. The number of oxazole rings is 1. The smallest absolute Gasteiger partial charge is 0.227 e. The molecule has 3 nitrogen and oxygen atoms in total. The summed E-state index contributed by atoms with van der Waals surface area (Å²) in [5.41, 5.74) is 11.8. The molecule has 0 amide bonds. The molecule has 212 valence electrons. The van der Waals surface area contributed by atoms with Gasteiger partial charge in [0.1, 0.15) is 16.7 Å². The lowest BCUT2D eigenvalue weighted by atomic mass is 9.93. The zero-order valence-corrected chi connectivity index (χ0v) is 24.5. The number of fused-ring (bicyclic) bond motifs is 12. The predicted octanol–water partition coefficient (Wildman–Crippen LogP) is 12.2. The van der Waals surface area contributed by atoms with E-state index >= 15 is 0 Å². The van der Waals surface area contributed by atoms with E-state index in [2.05, 4.69) is 97.1 Å². The topological polar surface area (TPSA) is 39.2 Å². The van der Waals surface area contributed by atoms with Gasteiger partial charge in [-0.15, -0.1) is 0 Å². The van der Waals surface area contributed by atoms with Gasteiger partial charge in [-0.1, -0.05) is 91.0 Å². The maximum absolute atomic E-state index is 6.51. The number of hydrogen-bond donors (Lipinski definition) is 0. The molecule has 3 heteroatoms. The Labute approximate surface area is 262 Å². The van der Waals surface area contributed by atoms with Crippen molar-refractivity contribution in [3.05, 3.63) is 140 Å². The normalized spacial score (nSPS) is 12.3. The van der Waals surface area contributed by atoms with Crippen molar-refractivity contribution in [1.29, 1.82) is 0 Å². The Morgan fingerprint density at radius 3 is 2.22 bits per heavy atom. The molecule has 2 heterocycles. The van der Waals surface area contributed by atoms with Crippen LogP contribution in [0.25, 0.3) is 110 Å². The predicted molar refractivity (Wildman–Crippen MR) is 189 cm³/mol. The van der Waals surface area contributed by atoms with Crippen LogP contribution in [0.5, 0.6) is 0 Å². The summed E-state index contributed by atoms with van der Waals surface area (Å²) >= 11 is 0. The molecule has 1 aliphatic rings. The molecule has 1 aliphatic carbocycles. The number of aromatic nitrogens is 1. The molecule has 10 aromatic rings. The van der Waals surface area contributed by atoms with Crippen LogP contribution in [0, 0.1) is 0 Å². The van der Waals surface area contributed by atoms with Crippen LogP contribution < -0.4 is 0 Å². The Morgan fingerprint density at radius 1 is 0.413 bits per heavy atom. The van der Waals surface area contributed by atoms with E-state index in [1.807, 2.05) is 42.5 Å². The molecule has 0 fully saturated rings. The Kier molecular flexibility index (Phi) is 4.58. The SMILES string of the molecule is c1ccc(-c2nc3c(ccc4ccc5ccc(-c6cc7c8c(cccc8c6)-c6c-7ccc7c6oc6ccccc67)cc5c43)o2)cc1. The highest BCUT2D eigenvalue weighted by atomic mass is 16.3. The third-order valence-electron chi connectivity index (χ3n) is 9.80. The Hall–Kier alpha value is -6.19. The minimum atomic E-state index is 0.641. The molecule has 2 aromatic heterocycles. The van der Waals surface area contributed by atoms with Crippen LogP contribution in [-0.4, -0.2) is 4.98 Å².